The van der Waals surface area contributed by atoms with Gasteiger partial charge in [0, 0.05) is 41.2 Å². The van der Waals surface area contributed by atoms with Gasteiger partial charge in [-0.05, 0) is 55.3 Å². The molecule has 3 aromatic carbocycles. The van der Waals surface area contributed by atoms with Gasteiger partial charge in [0.2, 0.25) is 11.7 Å². The van der Waals surface area contributed by atoms with Crippen molar-refractivity contribution in [2.24, 2.45) is 0 Å². The van der Waals surface area contributed by atoms with Gasteiger partial charge in [0.15, 0.2) is 0 Å². The Labute approximate surface area is 211 Å². The lowest BCUT2D eigenvalue weighted by molar-refractivity contribution is -0.137. The highest BCUT2D eigenvalue weighted by Crippen LogP contribution is 2.44. The number of carboxylic acids is 1. The van der Waals surface area contributed by atoms with Crippen LogP contribution in [0.1, 0.15) is 47.4 Å². The summed E-state index contributed by atoms with van der Waals surface area (Å²) < 4.78 is 38.0. The zero-order chi connectivity index (χ0) is 25.5. The molecule has 188 valence electrons. The Hall–Kier alpha value is -4.40. The molecular formula is C28H23FN2O6. The predicted molar refractivity (Wildman–Crippen MR) is 130 cm³/mol. The van der Waals surface area contributed by atoms with Crippen molar-refractivity contribution >= 4 is 5.97 Å². The Kier molecular flexibility index (Phi) is 5.75. The first-order chi connectivity index (χ1) is 17.9. The number of nitrogens with zero attached hydrogens (tertiary/aromatic N) is 2. The summed E-state index contributed by atoms with van der Waals surface area (Å²) in [5.41, 5.74) is 2.92. The van der Waals surface area contributed by atoms with Crippen LogP contribution in [0.25, 0.3) is 11.4 Å². The van der Waals surface area contributed by atoms with Crippen molar-refractivity contribution in [2.75, 3.05) is 6.61 Å². The van der Waals surface area contributed by atoms with Crippen LogP contribution in [0.2, 0.25) is 0 Å². The predicted octanol–water partition coefficient (Wildman–Crippen LogP) is 5.99. The minimum Gasteiger partial charge on any atom is -0.492 e. The SMILES string of the molecule is Cc1nc(-c2ccc(Oc3ccc(F)c4c3CC[C@H]4Oc3ccc4c(c3)OC[C@H]4CC(=O)O)cc2)no1. The third kappa shape index (κ3) is 4.48. The smallest absolute Gasteiger partial charge is 0.304 e. The van der Waals surface area contributed by atoms with Crippen LogP contribution in [0.5, 0.6) is 23.0 Å². The lowest BCUT2D eigenvalue weighted by atomic mass is 9.98. The maximum absolute atomic E-state index is 15.0. The second-order valence-corrected chi connectivity index (χ2v) is 9.15. The second kappa shape index (κ2) is 9.24. The number of aliphatic carboxylic acids is 1. The van der Waals surface area contributed by atoms with Crippen LogP contribution < -0.4 is 14.2 Å². The van der Waals surface area contributed by atoms with Crippen LogP contribution in [-0.4, -0.2) is 27.8 Å². The van der Waals surface area contributed by atoms with Gasteiger partial charge in [-0.25, -0.2) is 4.39 Å². The summed E-state index contributed by atoms with van der Waals surface area (Å²) >= 11 is 0. The highest BCUT2D eigenvalue weighted by Gasteiger charge is 2.32. The Balaban J connectivity index is 1.20. The molecule has 0 saturated heterocycles. The van der Waals surface area contributed by atoms with Gasteiger partial charge in [-0.15, -0.1) is 0 Å². The van der Waals surface area contributed by atoms with Gasteiger partial charge in [-0.3, -0.25) is 4.79 Å². The van der Waals surface area contributed by atoms with Crippen LogP contribution in [-0.2, 0) is 11.2 Å². The monoisotopic (exact) mass is 502 g/mol. The average molecular weight is 502 g/mol. The molecule has 4 aromatic rings. The quantitative estimate of drug-likeness (QED) is 0.329. The summed E-state index contributed by atoms with van der Waals surface area (Å²) in [5.74, 6) is 1.95. The number of aryl methyl sites for hydroxylation is 1. The van der Waals surface area contributed by atoms with Gasteiger partial charge < -0.3 is 23.8 Å². The number of rotatable bonds is 7. The number of hydrogen-bond acceptors (Lipinski definition) is 7. The van der Waals surface area contributed by atoms with Gasteiger partial charge in [0.1, 0.15) is 34.9 Å². The number of ether oxygens (including phenoxy) is 3. The largest absolute Gasteiger partial charge is 0.492 e. The van der Waals surface area contributed by atoms with E-state index >= 15 is 0 Å². The molecule has 8 nitrogen and oxygen atoms in total. The molecule has 2 heterocycles. The maximum atomic E-state index is 15.0. The molecule has 37 heavy (non-hydrogen) atoms. The van der Waals surface area contributed by atoms with Crippen molar-refractivity contribution in [3.8, 4) is 34.4 Å². The maximum Gasteiger partial charge on any atom is 0.304 e. The van der Waals surface area contributed by atoms with E-state index in [0.29, 0.717) is 59.7 Å². The van der Waals surface area contributed by atoms with Gasteiger partial charge in [-0.1, -0.05) is 11.2 Å². The van der Waals surface area contributed by atoms with Gasteiger partial charge >= 0.3 is 5.97 Å². The molecule has 0 saturated carbocycles. The Morgan fingerprint density at radius 1 is 1.14 bits per heavy atom. The Morgan fingerprint density at radius 2 is 1.95 bits per heavy atom. The van der Waals surface area contributed by atoms with Crippen molar-refractivity contribution in [2.45, 2.75) is 38.2 Å². The van der Waals surface area contributed by atoms with E-state index < -0.39 is 12.1 Å². The molecule has 0 fully saturated rings. The molecule has 0 unspecified atom stereocenters. The van der Waals surface area contributed by atoms with E-state index in [1.54, 1.807) is 25.1 Å². The number of carboxylic acid groups (broad SMARTS) is 1. The summed E-state index contributed by atoms with van der Waals surface area (Å²) in [5, 5.41) is 13.0. The van der Waals surface area contributed by atoms with Gasteiger partial charge in [-0.2, -0.15) is 4.98 Å². The fraction of sp³-hybridized carbons (Fsp3) is 0.250. The molecule has 0 bridgehead atoms. The average Bonchev–Trinajstić information content (AvgIpc) is 3.61. The first-order valence-corrected chi connectivity index (χ1v) is 12.0. The molecule has 9 heteroatoms. The van der Waals surface area contributed by atoms with Crippen molar-refractivity contribution in [3.63, 3.8) is 0 Å². The van der Waals surface area contributed by atoms with E-state index in [-0.39, 0.29) is 18.2 Å². The zero-order valence-electron chi connectivity index (χ0n) is 19.9. The lowest BCUT2D eigenvalue weighted by Crippen LogP contribution is -2.07. The highest BCUT2D eigenvalue weighted by atomic mass is 19.1. The normalized spacial score (nSPS) is 17.7. The van der Waals surface area contributed by atoms with E-state index in [4.69, 9.17) is 23.8 Å². The van der Waals surface area contributed by atoms with E-state index in [2.05, 4.69) is 10.1 Å². The lowest BCUT2D eigenvalue weighted by Gasteiger charge is -2.17. The molecule has 1 aromatic heterocycles. The topological polar surface area (TPSA) is 104 Å². The van der Waals surface area contributed by atoms with Gasteiger partial charge in [0.05, 0.1) is 13.0 Å². The Bertz CT molecular complexity index is 1480. The molecule has 0 amide bonds. The minimum atomic E-state index is -0.865. The van der Waals surface area contributed by atoms with Crippen molar-refractivity contribution in [1.82, 2.24) is 10.1 Å². The molecule has 0 radical (unpaired) electrons. The summed E-state index contributed by atoms with van der Waals surface area (Å²) in [6.07, 6.45) is 0.741. The van der Waals surface area contributed by atoms with E-state index in [9.17, 15) is 9.18 Å². The van der Waals surface area contributed by atoms with E-state index in [1.807, 2.05) is 30.3 Å². The molecule has 0 spiro atoms. The molecule has 6 rings (SSSR count). The van der Waals surface area contributed by atoms with Crippen LogP contribution in [0, 0.1) is 12.7 Å². The molecule has 1 aliphatic heterocycles. The fourth-order valence-corrected chi connectivity index (χ4v) is 4.95. The molecule has 2 atom stereocenters. The van der Waals surface area contributed by atoms with Crippen molar-refractivity contribution in [3.05, 3.63) is 83.0 Å². The van der Waals surface area contributed by atoms with E-state index in [0.717, 1.165) is 16.7 Å². The number of benzene rings is 3. The second-order valence-electron chi connectivity index (χ2n) is 9.15. The van der Waals surface area contributed by atoms with Crippen LogP contribution in [0.3, 0.4) is 0 Å². The standard InChI is InChI=1S/C28H23FN2O6/c1-15-30-28(31-37-15)16-2-4-18(5-3-16)35-23-11-9-22(29)27-21(23)8-10-24(27)36-19-6-7-20-17(12-26(32)33)14-34-25(20)13-19/h2-7,9,11,13,17,24H,8,10,12,14H2,1H3,(H,32,33)/t17-,24-/m1/s1. The third-order valence-corrected chi connectivity index (χ3v) is 6.67. The third-order valence-electron chi connectivity index (χ3n) is 6.67. The Morgan fingerprint density at radius 3 is 2.70 bits per heavy atom. The number of hydrogen-bond donors (Lipinski definition) is 1. The van der Waals surface area contributed by atoms with Crippen molar-refractivity contribution < 1.29 is 33.0 Å². The first kappa shape index (κ1) is 23.0. The van der Waals surface area contributed by atoms with Gasteiger partial charge in [0.25, 0.3) is 0 Å². The molecule has 1 N–H and O–H groups in total. The van der Waals surface area contributed by atoms with Crippen LogP contribution >= 0.6 is 0 Å². The number of halogens is 1. The first-order valence-electron chi connectivity index (χ1n) is 12.0. The summed E-state index contributed by atoms with van der Waals surface area (Å²) in [4.78, 5) is 15.3. The summed E-state index contributed by atoms with van der Waals surface area (Å²) in [6.45, 7) is 2.05. The van der Waals surface area contributed by atoms with Crippen LogP contribution in [0.15, 0.2) is 59.1 Å². The van der Waals surface area contributed by atoms with Crippen LogP contribution in [0.4, 0.5) is 4.39 Å². The summed E-state index contributed by atoms with van der Waals surface area (Å²) in [6, 6.07) is 15.7. The minimum absolute atomic E-state index is 0.0106. The number of carbonyl (C=O) groups is 1. The summed E-state index contributed by atoms with van der Waals surface area (Å²) in [7, 11) is 0. The number of fused-ring (bicyclic) bond motifs is 2. The fourth-order valence-electron chi connectivity index (χ4n) is 4.95. The zero-order valence-corrected chi connectivity index (χ0v) is 19.9. The molecule has 1 aliphatic carbocycles. The molecular weight excluding hydrogens is 479 g/mol. The highest BCUT2D eigenvalue weighted by molar-refractivity contribution is 5.69. The van der Waals surface area contributed by atoms with Crippen molar-refractivity contribution in [1.29, 1.82) is 0 Å². The number of aromatic nitrogens is 2. The van der Waals surface area contributed by atoms with E-state index in [1.165, 1.54) is 6.07 Å². The molecule has 2 aliphatic rings.